The van der Waals surface area contributed by atoms with Crippen molar-refractivity contribution in [2.24, 2.45) is 0 Å². The summed E-state index contributed by atoms with van der Waals surface area (Å²) >= 11 is 0. The molecule has 20 heavy (non-hydrogen) atoms. The van der Waals surface area contributed by atoms with Gasteiger partial charge in [0, 0.05) is 6.07 Å². The number of aromatic nitrogens is 1. The van der Waals surface area contributed by atoms with Crippen molar-refractivity contribution in [1.29, 1.82) is 0 Å². The molecule has 0 aliphatic heterocycles. The highest BCUT2D eigenvalue weighted by atomic mass is 16.5. The number of methoxy groups -OCH3 is 1. The molecule has 0 radical (unpaired) electrons. The minimum Gasteiger partial charge on any atom is -0.493 e. The summed E-state index contributed by atoms with van der Waals surface area (Å²) in [7, 11) is 1.56. The maximum Gasteiger partial charge on any atom is 0.263 e. The van der Waals surface area contributed by atoms with Gasteiger partial charge in [-0.25, -0.2) is 0 Å². The number of rotatable bonds is 5. The molecule has 2 rings (SSSR count). The van der Waals surface area contributed by atoms with Gasteiger partial charge in [-0.05, 0) is 31.5 Å². The number of hydrogen-bond acceptors (Lipinski definition) is 5. The lowest BCUT2D eigenvalue weighted by Gasteiger charge is -2.10. The van der Waals surface area contributed by atoms with Gasteiger partial charge in [-0.3, -0.25) is 4.79 Å². The number of anilines is 1. The SMILES string of the molecule is COc1cc(C)ccc1OCC(=O)Nc1cc(C)on1. The van der Waals surface area contributed by atoms with E-state index in [0.717, 1.165) is 5.56 Å². The average Bonchev–Trinajstić information content (AvgIpc) is 2.82. The fourth-order valence-corrected chi connectivity index (χ4v) is 1.64. The molecular weight excluding hydrogens is 260 g/mol. The highest BCUT2D eigenvalue weighted by molar-refractivity contribution is 5.90. The van der Waals surface area contributed by atoms with Gasteiger partial charge in [0.2, 0.25) is 0 Å². The van der Waals surface area contributed by atoms with Gasteiger partial charge >= 0.3 is 0 Å². The fourth-order valence-electron chi connectivity index (χ4n) is 1.64. The molecule has 1 aromatic heterocycles. The Morgan fingerprint density at radius 3 is 2.75 bits per heavy atom. The zero-order chi connectivity index (χ0) is 14.5. The van der Waals surface area contributed by atoms with Gasteiger partial charge in [0.1, 0.15) is 5.76 Å². The Labute approximate surface area is 116 Å². The van der Waals surface area contributed by atoms with Gasteiger partial charge in [0.05, 0.1) is 7.11 Å². The molecule has 2 aromatic rings. The zero-order valence-corrected chi connectivity index (χ0v) is 11.6. The number of benzene rings is 1. The number of carbonyl (C=O) groups is 1. The number of nitrogens with zero attached hydrogens (tertiary/aromatic N) is 1. The molecular formula is C14H16N2O4. The molecule has 1 amide bonds. The van der Waals surface area contributed by atoms with Crippen LogP contribution in [0.1, 0.15) is 11.3 Å². The highest BCUT2D eigenvalue weighted by Gasteiger charge is 2.09. The van der Waals surface area contributed by atoms with E-state index in [1.807, 2.05) is 19.1 Å². The van der Waals surface area contributed by atoms with Gasteiger partial charge in [-0.15, -0.1) is 0 Å². The summed E-state index contributed by atoms with van der Waals surface area (Å²) in [6.45, 7) is 3.56. The minimum atomic E-state index is -0.319. The monoisotopic (exact) mass is 276 g/mol. The molecule has 0 atom stereocenters. The predicted molar refractivity (Wildman–Crippen MR) is 73.1 cm³/mol. The molecule has 106 valence electrons. The van der Waals surface area contributed by atoms with Crippen molar-refractivity contribution in [3.8, 4) is 11.5 Å². The largest absolute Gasteiger partial charge is 0.493 e. The predicted octanol–water partition coefficient (Wildman–Crippen LogP) is 2.32. The molecule has 0 fully saturated rings. The first kappa shape index (κ1) is 13.9. The van der Waals surface area contributed by atoms with E-state index in [4.69, 9.17) is 14.0 Å². The second-order valence-electron chi connectivity index (χ2n) is 4.31. The van der Waals surface area contributed by atoms with E-state index >= 15 is 0 Å². The minimum absolute atomic E-state index is 0.134. The van der Waals surface area contributed by atoms with E-state index in [0.29, 0.717) is 23.1 Å². The van der Waals surface area contributed by atoms with Crippen LogP contribution in [0.25, 0.3) is 0 Å². The molecule has 1 heterocycles. The standard InChI is InChI=1S/C14H16N2O4/c1-9-4-5-11(12(6-9)18-3)19-8-14(17)15-13-7-10(2)20-16-13/h4-7H,8H2,1-3H3,(H,15,16,17). The summed E-state index contributed by atoms with van der Waals surface area (Å²) in [4.78, 5) is 11.7. The number of amides is 1. The number of aryl methyl sites for hydroxylation is 2. The van der Waals surface area contributed by atoms with E-state index in [9.17, 15) is 4.79 Å². The Bertz CT molecular complexity index is 607. The normalized spacial score (nSPS) is 10.2. The van der Waals surface area contributed by atoms with Crippen LogP contribution in [0.4, 0.5) is 5.82 Å². The van der Waals surface area contributed by atoms with Crippen LogP contribution in [0.3, 0.4) is 0 Å². The van der Waals surface area contributed by atoms with E-state index in [1.165, 1.54) is 0 Å². The quantitative estimate of drug-likeness (QED) is 0.907. The summed E-state index contributed by atoms with van der Waals surface area (Å²) in [6, 6.07) is 7.12. The Morgan fingerprint density at radius 1 is 1.30 bits per heavy atom. The first-order chi connectivity index (χ1) is 9.58. The van der Waals surface area contributed by atoms with Gasteiger partial charge < -0.3 is 19.3 Å². The lowest BCUT2D eigenvalue weighted by Crippen LogP contribution is -2.20. The molecule has 6 heteroatoms. The van der Waals surface area contributed by atoms with E-state index in [1.54, 1.807) is 26.2 Å². The van der Waals surface area contributed by atoms with E-state index in [2.05, 4.69) is 10.5 Å². The van der Waals surface area contributed by atoms with Gasteiger partial charge in [-0.2, -0.15) is 0 Å². The molecule has 1 N–H and O–H groups in total. The van der Waals surface area contributed by atoms with Gasteiger partial charge in [0.25, 0.3) is 5.91 Å². The molecule has 0 saturated heterocycles. The first-order valence-corrected chi connectivity index (χ1v) is 6.09. The summed E-state index contributed by atoms with van der Waals surface area (Å²) in [5.41, 5.74) is 1.05. The fraction of sp³-hybridized carbons (Fsp3) is 0.286. The number of nitrogens with one attached hydrogen (secondary N) is 1. The molecule has 0 saturated carbocycles. The lowest BCUT2D eigenvalue weighted by molar-refractivity contribution is -0.118. The molecule has 1 aromatic carbocycles. The van der Waals surface area contributed by atoms with E-state index in [-0.39, 0.29) is 12.5 Å². The molecule has 6 nitrogen and oxygen atoms in total. The summed E-state index contributed by atoms with van der Waals surface area (Å²) in [6.07, 6.45) is 0. The molecule has 0 aliphatic carbocycles. The molecule has 0 unspecified atom stereocenters. The molecule has 0 aliphatic rings. The average molecular weight is 276 g/mol. The Hall–Kier alpha value is -2.50. The van der Waals surface area contributed by atoms with Crippen LogP contribution in [0.2, 0.25) is 0 Å². The van der Waals surface area contributed by atoms with Crippen molar-refractivity contribution in [3.05, 3.63) is 35.6 Å². The van der Waals surface area contributed by atoms with Crippen LogP contribution in [-0.4, -0.2) is 24.8 Å². The van der Waals surface area contributed by atoms with Crippen molar-refractivity contribution in [3.63, 3.8) is 0 Å². The van der Waals surface area contributed by atoms with Gasteiger partial charge in [0.15, 0.2) is 23.9 Å². The number of carbonyl (C=O) groups excluding carboxylic acids is 1. The second-order valence-corrected chi connectivity index (χ2v) is 4.31. The van der Waals surface area contributed by atoms with Crippen LogP contribution in [0.15, 0.2) is 28.8 Å². The smallest absolute Gasteiger partial charge is 0.263 e. The number of ether oxygens (including phenoxy) is 2. The van der Waals surface area contributed by atoms with Crippen molar-refractivity contribution >= 4 is 11.7 Å². The van der Waals surface area contributed by atoms with Crippen molar-refractivity contribution < 1.29 is 18.8 Å². The van der Waals surface area contributed by atoms with E-state index < -0.39 is 0 Å². The second kappa shape index (κ2) is 6.10. The molecule has 0 bridgehead atoms. The van der Waals surface area contributed by atoms with Crippen LogP contribution in [-0.2, 0) is 4.79 Å². The third kappa shape index (κ3) is 3.50. The summed E-state index contributed by atoms with van der Waals surface area (Å²) < 4.78 is 15.5. The summed E-state index contributed by atoms with van der Waals surface area (Å²) in [5, 5.41) is 6.24. The maximum absolute atomic E-state index is 11.7. The topological polar surface area (TPSA) is 73.6 Å². The third-order valence-electron chi connectivity index (χ3n) is 2.57. The van der Waals surface area contributed by atoms with Crippen molar-refractivity contribution in [2.75, 3.05) is 19.0 Å². The van der Waals surface area contributed by atoms with Crippen LogP contribution in [0.5, 0.6) is 11.5 Å². The Morgan fingerprint density at radius 2 is 2.10 bits per heavy atom. The molecule has 0 spiro atoms. The van der Waals surface area contributed by atoms with Crippen LogP contribution >= 0.6 is 0 Å². The zero-order valence-electron chi connectivity index (χ0n) is 11.6. The third-order valence-corrected chi connectivity index (χ3v) is 2.57. The number of hydrogen-bond donors (Lipinski definition) is 1. The lowest BCUT2D eigenvalue weighted by atomic mass is 10.2. The van der Waals surface area contributed by atoms with Crippen LogP contribution < -0.4 is 14.8 Å². The van der Waals surface area contributed by atoms with Crippen molar-refractivity contribution in [2.45, 2.75) is 13.8 Å². The van der Waals surface area contributed by atoms with Crippen molar-refractivity contribution in [1.82, 2.24) is 5.16 Å². The highest BCUT2D eigenvalue weighted by Crippen LogP contribution is 2.27. The Kier molecular flexibility index (Phi) is 4.24. The van der Waals surface area contributed by atoms with Gasteiger partial charge in [-0.1, -0.05) is 11.2 Å². The first-order valence-electron chi connectivity index (χ1n) is 6.09. The Balaban J connectivity index is 1.93. The maximum atomic E-state index is 11.7. The summed E-state index contributed by atoms with van der Waals surface area (Å²) in [5.74, 6) is 1.79. The van der Waals surface area contributed by atoms with Crippen LogP contribution in [0, 0.1) is 13.8 Å².